The molecule has 160 valence electrons. The van der Waals surface area contributed by atoms with Crippen LogP contribution in [0.25, 0.3) is 22.2 Å². The Morgan fingerprint density at radius 2 is 1.72 bits per heavy atom. The zero-order chi connectivity index (χ0) is 22.8. The first kappa shape index (κ1) is 21.7. The third kappa shape index (κ3) is 4.27. The van der Waals surface area contributed by atoms with Gasteiger partial charge in [-0.05, 0) is 50.1 Å². The zero-order valence-corrected chi connectivity index (χ0v) is 18.9. The summed E-state index contributed by atoms with van der Waals surface area (Å²) in [4.78, 5) is 30.6. The molecule has 0 N–H and O–H groups in total. The van der Waals surface area contributed by atoms with Crippen LogP contribution in [0.4, 0.5) is 0 Å². The fourth-order valence-electron chi connectivity index (χ4n) is 3.89. The van der Waals surface area contributed by atoms with Crippen LogP contribution in [0.15, 0.2) is 66.7 Å². The van der Waals surface area contributed by atoms with Crippen molar-refractivity contribution in [2.24, 2.45) is 0 Å². The summed E-state index contributed by atoms with van der Waals surface area (Å²) < 4.78 is 5.49. The first-order chi connectivity index (χ1) is 15.3. The van der Waals surface area contributed by atoms with Crippen molar-refractivity contribution >= 4 is 34.3 Å². The first-order valence-corrected chi connectivity index (χ1v) is 10.7. The molecular weight excluding hydrogens is 422 g/mol. The van der Waals surface area contributed by atoms with Gasteiger partial charge in [-0.1, -0.05) is 65.7 Å². The van der Waals surface area contributed by atoms with Gasteiger partial charge in [0.25, 0.3) is 0 Å². The molecule has 0 saturated heterocycles. The molecule has 0 aliphatic heterocycles. The number of fused-ring (bicyclic) bond motifs is 1. The van der Waals surface area contributed by atoms with E-state index >= 15 is 0 Å². The Morgan fingerprint density at radius 3 is 2.47 bits per heavy atom. The van der Waals surface area contributed by atoms with E-state index in [4.69, 9.17) is 21.3 Å². The Hall–Kier alpha value is -3.50. The van der Waals surface area contributed by atoms with Crippen LogP contribution in [0.2, 0.25) is 5.02 Å². The minimum absolute atomic E-state index is 0.234. The Morgan fingerprint density at radius 1 is 0.938 bits per heavy atom. The standard InChI is InChI=1S/C27H22ClNO3/c1-16-11-12-21(17(2)13-16)24(30)15-32-27(31)25-18(3)26(19-7-6-8-20(28)14-19)29-23-10-5-4-9-22(23)25/h4-14H,15H2,1-3H3. The highest BCUT2D eigenvalue weighted by Gasteiger charge is 2.21. The summed E-state index contributed by atoms with van der Waals surface area (Å²) in [6.45, 7) is 5.35. The Balaban J connectivity index is 1.70. The molecule has 4 aromatic rings. The van der Waals surface area contributed by atoms with Gasteiger partial charge in [0.1, 0.15) is 0 Å². The maximum atomic E-state index is 13.2. The molecule has 0 spiro atoms. The average Bonchev–Trinajstić information content (AvgIpc) is 2.77. The number of nitrogens with zero attached hydrogens (tertiary/aromatic N) is 1. The molecule has 0 amide bonds. The summed E-state index contributed by atoms with van der Waals surface area (Å²) in [6.07, 6.45) is 0. The van der Waals surface area contributed by atoms with Gasteiger partial charge in [-0.3, -0.25) is 4.79 Å². The number of ether oxygens (including phenoxy) is 1. The molecule has 32 heavy (non-hydrogen) atoms. The van der Waals surface area contributed by atoms with Gasteiger partial charge >= 0.3 is 5.97 Å². The number of aromatic nitrogens is 1. The number of ketones is 1. The molecule has 4 nitrogen and oxygen atoms in total. The van der Waals surface area contributed by atoms with Crippen molar-refractivity contribution in [1.82, 2.24) is 4.98 Å². The van der Waals surface area contributed by atoms with Gasteiger partial charge < -0.3 is 4.74 Å². The number of pyridine rings is 1. The van der Waals surface area contributed by atoms with Crippen LogP contribution in [-0.2, 0) is 4.74 Å². The van der Waals surface area contributed by atoms with E-state index in [1.54, 1.807) is 12.1 Å². The van der Waals surface area contributed by atoms with Crippen molar-refractivity contribution < 1.29 is 14.3 Å². The van der Waals surface area contributed by atoms with Gasteiger partial charge in [0.05, 0.1) is 16.8 Å². The Bertz CT molecular complexity index is 1360. The average molecular weight is 444 g/mol. The topological polar surface area (TPSA) is 56.3 Å². The molecule has 1 aromatic heterocycles. The maximum Gasteiger partial charge on any atom is 0.339 e. The van der Waals surface area contributed by atoms with Gasteiger partial charge in [0.15, 0.2) is 6.61 Å². The molecule has 0 saturated carbocycles. The van der Waals surface area contributed by atoms with E-state index in [1.165, 1.54) is 0 Å². The van der Waals surface area contributed by atoms with Crippen molar-refractivity contribution in [1.29, 1.82) is 0 Å². The summed E-state index contributed by atoms with van der Waals surface area (Å²) >= 11 is 6.18. The maximum absolute atomic E-state index is 13.2. The monoisotopic (exact) mass is 443 g/mol. The van der Waals surface area contributed by atoms with Crippen molar-refractivity contribution in [2.45, 2.75) is 20.8 Å². The molecule has 1 heterocycles. The van der Waals surface area contributed by atoms with Crippen LogP contribution in [0.1, 0.15) is 37.4 Å². The number of halogens is 1. The van der Waals surface area contributed by atoms with E-state index in [2.05, 4.69) is 0 Å². The summed E-state index contributed by atoms with van der Waals surface area (Å²) in [5.41, 5.74) is 5.69. The van der Waals surface area contributed by atoms with E-state index in [1.807, 2.05) is 75.4 Å². The molecule has 0 atom stereocenters. The molecular formula is C27H22ClNO3. The number of hydrogen-bond donors (Lipinski definition) is 0. The lowest BCUT2D eigenvalue weighted by atomic mass is 9.97. The molecule has 0 fully saturated rings. The number of rotatable bonds is 5. The predicted molar refractivity (Wildman–Crippen MR) is 127 cm³/mol. The molecule has 5 heteroatoms. The van der Waals surface area contributed by atoms with Crippen molar-refractivity contribution in [3.05, 3.63) is 99.6 Å². The normalized spacial score (nSPS) is 10.9. The molecule has 0 unspecified atom stereocenters. The quantitative estimate of drug-likeness (QED) is 0.260. The predicted octanol–water partition coefficient (Wildman–Crippen LogP) is 6.52. The second kappa shape index (κ2) is 8.93. The number of carbonyl (C=O) groups is 2. The van der Waals surface area contributed by atoms with Crippen molar-refractivity contribution in [3.63, 3.8) is 0 Å². The Kier molecular flexibility index (Phi) is 6.06. The summed E-state index contributed by atoms with van der Waals surface area (Å²) in [6, 6.07) is 20.3. The molecule has 0 aliphatic carbocycles. The highest BCUT2D eigenvalue weighted by molar-refractivity contribution is 6.30. The third-order valence-corrected chi connectivity index (χ3v) is 5.69. The molecule has 0 aliphatic rings. The highest BCUT2D eigenvalue weighted by Crippen LogP contribution is 2.31. The van der Waals surface area contributed by atoms with Crippen molar-refractivity contribution in [3.8, 4) is 11.3 Å². The van der Waals surface area contributed by atoms with Gasteiger partial charge in [0.2, 0.25) is 5.78 Å². The van der Waals surface area contributed by atoms with E-state index < -0.39 is 5.97 Å². The summed E-state index contributed by atoms with van der Waals surface area (Å²) in [5, 5.41) is 1.26. The minimum atomic E-state index is -0.553. The lowest BCUT2D eigenvalue weighted by Gasteiger charge is -2.14. The highest BCUT2D eigenvalue weighted by atomic mass is 35.5. The van der Waals surface area contributed by atoms with E-state index in [-0.39, 0.29) is 12.4 Å². The van der Waals surface area contributed by atoms with Crippen LogP contribution in [0, 0.1) is 20.8 Å². The fourth-order valence-corrected chi connectivity index (χ4v) is 4.08. The minimum Gasteiger partial charge on any atom is -0.454 e. The van der Waals surface area contributed by atoms with E-state index in [0.29, 0.717) is 38.3 Å². The number of aryl methyl sites for hydroxylation is 2. The second-order valence-electron chi connectivity index (χ2n) is 7.81. The van der Waals surface area contributed by atoms with Gasteiger partial charge in [-0.15, -0.1) is 0 Å². The summed E-state index contributed by atoms with van der Waals surface area (Å²) in [7, 11) is 0. The molecule has 0 radical (unpaired) electrons. The number of carbonyl (C=O) groups excluding carboxylic acids is 2. The zero-order valence-electron chi connectivity index (χ0n) is 18.1. The van der Waals surface area contributed by atoms with E-state index in [0.717, 1.165) is 16.7 Å². The number of esters is 1. The summed E-state index contributed by atoms with van der Waals surface area (Å²) in [5.74, 6) is -0.788. The van der Waals surface area contributed by atoms with Gasteiger partial charge in [-0.2, -0.15) is 0 Å². The van der Waals surface area contributed by atoms with Crippen LogP contribution < -0.4 is 0 Å². The van der Waals surface area contributed by atoms with Crippen LogP contribution in [-0.4, -0.2) is 23.3 Å². The smallest absolute Gasteiger partial charge is 0.339 e. The number of hydrogen-bond acceptors (Lipinski definition) is 4. The first-order valence-electron chi connectivity index (χ1n) is 10.3. The Labute approximate surface area is 191 Å². The fraction of sp³-hybridized carbons (Fsp3) is 0.148. The molecule has 0 bridgehead atoms. The second-order valence-corrected chi connectivity index (χ2v) is 8.24. The lowest BCUT2D eigenvalue weighted by molar-refractivity contribution is 0.0475. The largest absolute Gasteiger partial charge is 0.454 e. The third-order valence-electron chi connectivity index (χ3n) is 5.45. The number of Topliss-reactive ketones (excluding diaryl/α,β-unsaturated/α-hetero) is 1. The number of benzene rings is 3. The van der Waals surface area contributed by atoms with Crippen LogP contribution in [0.3, 0.4) is 0 Å². The van der Waals surface area contributed by atoms with Gasteiger partial charge in [-0.25, -0.2) is 9.78 Å². The SMILES string of the molecule is Cc1ccc(C(=O)COC(=O)c2c(C)c(-c3cccc(Cl)c3)nc3ccccc23)c(C)c1. The van der Waals surface area contributed by atoms with Crippen molar-refractivity contribution in [2.75, 3.05) is 6.61 Å². The molecule has 4 rings (SSSR count). The molecule has 3 aromatic carbocycles. The van der Waals surface area contributed by atoms with Gasteiger partial charge in [0, 0.05) is 21.5 Å². The lowest BCUT2D eigenvalue weighted by Crippen LogP contribution is -2.17. The van der Waals surface area contributed by atoms with Crippen LogP contribution in [0.5, 0.6) is 0 Å². The van der Waals surface area contributed by atoms with Crippen LogP contribution >= 0.6 is 11.6 Å². The number of para-hydroxylation sites is 1. The van der Waals surface area contributed by atoms with E-state index in [9.17, 15) is 9.59 Å².